The lowest BCUT2D eigenvalue weighted by molar-refractivity contribution is 0.292. The normalized spacial score (nSPS) is 11.5. The van der Waals surface area contributed by atoms with Crippen LogP contribution in [0.15, 0.2) is 79.1 Å². The molecule has 0 aliphatic rings. The molecular formula is C24H19N5O. The minimum absolute atomic E-state index is 0.557. The molecule has 0 fully saturated rings. The van der Waals surface area contributed by atoms with Crippen LogP contribution in [0.3, 0.4) is 0 Å². The smallest absolute Gasteiger partial charge is 0.157 e. The number of hydrogen-bond acceptors (Lipinski definition) is 6. The summed E-state index contributed by atoms with van der Waals surface area (Å²) < 4.78 is 0. The fourth-order valence-corrected chi connectivity index (χ4v) is 3.24. The highest BCUT2D eigenvalue weighted by molar-refractivity contribution is 5.91. The van der Waals surface area contributed by atoms with E-state index in [1.165, 1.54) is 0 Å². The quantitative estimate of drug-likeness (QED) is 0.281. The first-order valence-corrected chi connectivity index (χ1v) is 9.35. The van der Waals surface area contributed by atoms with Crippen molar-refractivity contribution < 1.29 is 4.84 Å². The molecule has 4 aromatic rings. The molecule has 6 heteroatoms. The number of nitrogens with two attached hydrogens (primary N) is 1. The first kappa shape index (κ1) is 19.1. The average molecular weight is 393 g/mol. The molecule has 0 aliphatic heterocycles. The van der Waals surface area contributed by atoms with Crippen molar-refractivity contribution in [2.45, 2.75) is 6.92 Å². The maximum absolute atomic E-state index is 8.97. The standard InChI is InChI=1S/C24H19N5O/c1-16(23(30-26)19-8-6-17(14-25)7-9-19)18-10-12-20(13-11-18)29-24-21-4-2-3-5-22(21)27-15-28-24/h2-13,15H,26H2,1H3,(H,27,28,29)/b23-16+. The molecule has 0 saturated heterocycles. The lowest BCUT2D eigenvalue weighted by Gasteiger charge is -2.12. The Morgan fingerprint density at radius 1 is 0.933 bits per heavy atom. The van der Waals surface area contributed by atoms with Gasteiger partial charge in [0, 0.05) is 22.2 Å². The molecule has 3 N–H and O–H groups in total. The van der Waals surface area contributed by atoms with Crippen LogP contribution in [0, 0.1) is 11.3 Å². The van der Waals surface area contributed by atoms with E-state index in [0.29, 0.717) is 11.3 Å². The van der Waals surface area contributed by atoms with Crippen LogP contribution in [-0.2, 0) is 4.84 Å². The van der Waals surface area contributed by atoms with Gasteiger partial charge in [0.1, 0.15) is 12.1 Å². The molecule has 3 aromatic carbocycles. The van der Waals surface area contributed by atoms with Gasteiger partial charge in [0.25, 0.3) is 0 Å². The Morgan fingerprint density at radius 3 is 2.33 bits per heavy atom. The van der Waals surface area contributed by atoms with Crippen molar-refractivity contribution in [2.75, 3.05) is 5.32 Å². The fraction of sp³-hybridized carbons (Fsp3) is 0.0417. The van der Waals surface area contributed by atoms with Crippen molar-refractivity contribution in [3.63, 3.8) is 0 Å². The van der Waals surface area contributed by atoms with Crippen LogP contribution < -0.4 is 11.2 Å². The highest BCUT2D eigenvalue weighted by atomic mass is 16.6. The van der Waals surface area contributed by atoms with Gasteiger partial charge in [-0.05, 0) is 61.0 Å². The first-order chi connectivity index (χ1) is 14.7. The van der Waals surface area contributed by atoms with Crippen molar-refractivity contribution in [1.82, 2.24) is 9.97 Å². The number of anilines is 2. The third-order valence-corrected chi connectivity index (χ3v) is 4.86. The van der Waals surface area contributed by atoms with Crippen molar-refractivity contribution in [2.24, 2.45) is 5.90 Å². The Hall–Kier alpha value is -4.21. The van der Waals surface area contributed by atoms with Gasteiger partial charge in [-0.25, -0.2) is 9.97 Å². The zero-order chi connectivity index (χ0) is 20.9. The van der Waals surface area contributed by atoms with Crippen molar-refractivity contribution in [3.05, 3.63) is 95.8 Å². The van der Waals surface area contributed by atoms with Gasteiger partial charge in [-0.15, -0.1) is 0 Å². The molecular weight excluding hydrogens is 374 g/mol. The highest BCUT2D eigenvalue weighted by Crippen LogP contribution is 2.28. The Labute approximate surface area is 174 Å². The Kier molecular flexibility index (Phi) is 5.37. The molecule has 0 aliphatic carbocycles. The van der Waals surface area contributed by atoms with Gasteiger partial charge in [-0.1, -0.05) is 24.3 Å². The van der Waals surface area contributed by atoms with Gasteiger partial charge in [0.05, 0.1) is 17.1 Å². The predicted molar refractivity (Wildman–Crippen MR) is 118 cm³/mol. The highest BCUT2D eigenvalue weighted by Gasteiger charge is 2.10. The number of benzene rings is 3. The number of hydrogen-bond donors (Lipinski definition) is 2. The third-order valence-electron chi connectivity index (χ3n) is 4.86. The molecule has 1 heterocycles. The van der Waals surface area contributed by atoms with Crippen LogP contribution in [0.2, 0.25) is 0 Å². The number of nitrogens with zero attached hydrogens (tertiary/aromatic N) is 3. The molecule has 0 bridgehead atoms. The number of para-hydroxylation sites is 1. The fourth-order valence-electron chi connectivity index (χ4n) is 3.24. The molecule has 0 spiro atoms. The summed E-state index contributed by atoms with van der Waals surface area (Å²) in [6.45, 7) is 1.95. The molecule has 146 valence electrons. The van der Waals surface area contributed by atoms with E-state index >= 15 is 0 Å². The summed E-state index contributed by atoms with van der Waals surface area (Å²) in [5, 5.41) is 13.3. The molecule has 0 unspecified atom stereocenters. The second kappa shape index (κ2) is 8.43. The minimum atomic E-state index is 0.557. The number of allylic oxidation sites excluding steroid dienone is 1. The maximum atomic E-state index is 8.97. The number of aromatic nitrogens is 2. The van der Waals surface area contributed by atoms with Gasteiger partial charge in [0.15, 0.2) is 5.76 Å². The zero-order valence-corrected chi connectivity index (χ0v) is 16.3. The molecule has 6 nitrogen and oxygen atoms in total. The molecule has 4 rings (SSSR count). The molecule has 0 radical (unpaired) electrons. The Morgan fingerprint density at radius 2 is 1.63 bits per heavy atom. The maximum Gasteiger partial charge on any atom is 0.157 e. The zero-order valence-electron chi connectivity index (χ0n) is 16.3. The topological polar surface area (TPSA) is 96.8 Å². The Bertz CT molecular complexity index is 1250. The van der Waals surface area contributed by atoms with E-state index in [2.05, 4.69) is 21.4 Å². The van der Waals surface area contributed by atoms with Gasteiger partial charge in [0.2, 0.25) is 0 Å². The van der Waals surface area contributed by atoms with Crippen LogP contribution in [0.4, 0.5) is 11.5 Å². The summed E-state index contributed by atoms with van der Waals surface area (Å²) in [6.07, 6.45) is 1.55. The molecule has 30 heavy (non-hydrogen) atoms. The van der Waals surface area contributed by atoms with E-state index in [1.807, 2.05) is 67.6 Å². The SMILES string of the molecule is C/C(=C(\ON)c1ccc(C#N)cc1)c1ccc(Nc2ncnc3ccccc23)cc1. The molecule has 0 atom stereocenters. The van der Waals surface area contributed by atoms with E-state index in [4.69, 9.17) is 16.0 Å². The van der Waals surface area contributed by atoms with Gasteiger partial charge < -0.3 is 10.2 Å². The van der Waals surface area contributed by atoms with Gasteiger partial charge >= 0.3 is 0 Å². The first-order valence-electron chi connectivity index (χ1n) is 9.35. The van der Waals surface area contributed by atoms with Gasteiger partial charge in [-0.3, -0.25) is 0 Å². The van der Waals surface area contributed by atoms with Crippen LogP contribution in [0.5, 0.6) is 0 Å². The van der Waals surface area contributed by atoms with Crippen LogP contribution in [-0.4, -0.2) is 9.97 Å². The second-order valence-corrected chi connectivity index (χ2v) is 6.70. The average Bonchev–Trinajstić information content (AvgIpc) is 2.81. The summed E-state index contributed by atoms with van der Waals surface area (Å²) in [4.78, 5) is 13.8. The number of fused-ring (bicyclic) bond motifs is 1. The second-order valence-electron chi connectivity index (χ2n) is 6.70. The summed E-state index contributed by atoms with van der Waals surface area (Å²) in [5.74, 6) is 6.86. The van der Waals surface area contributed by atoms with Crippen molar-refractivity contribution in [3.8, 4) is 6.07 Å². The van der Waals surface area contributed by atoms with E-state index < -0.39 is 0 Å². The van der Waals surface area contributed by atoms with Gasteiger partial charge in [-0.2, -0.15) is 11.2 Å². The van der Waals surface area contributed by atoms with Crippen LogP contribution in [0.25, 0.3) is 22.2 Å². The van der Waals surface area contributed by atoms with E-state index in [9.17, 15) is 0 Å². The number of nitriles is 1. The summed E-state index contributed by atoms with van der Waals surface area (Å²) >= 11 is 0. The van der Waals surface area contributed by atoms with Crippen molar-refractivity contribution in [1.29, 1.82) is 5.26 Å². The molecule has 0 amide bonds. The summed E-state index contributed by atoms with van der Waals surface area (Å²) in [6, 6.07) is 25.0. The van der Waals surface area contributed by atoms with Crippen molar-refractivity contribution >= 4 is 33.7 Å². The van der Waals surface area contributed by atoms with E-state index in [-0.39, 0.29) is 0 Å². The Balaban J connectivity index is 1.61. The minimum Gasteiger partial charge on any atom is -0.411 e. The number of rotatable bonds is 5. The molecule has 0 saturated carbocycles. The van der Waals surface area contributed by atoms with E-state index in [1.54, 1.807) is 18.5 Å². The number of nitrogens with one attached hydrogen (secondary N) is 1. The monoisotopic (exact) mass is 393 g/mol. The lowest BCUT2D eigenvalue weighted by Crippen LogP contribution is -2.01. The lowest BCUT2D eigenvalue weighted by atomic mass is 10.0. The summed E-state index contributed by atoms with van der Waals surface area (Å²) in [7, 11) is 0. The van der Waals surface area contributed by atoms with E-state index in [0.717, 1.165) is 39.1 Å². The van der Waals surface area contributed by atoms with Crippen LogP contribution >= 0.6 is 0 Å². The predicted octanol–water partition coefficient (Wildman–Crippen LogP) is 5.02. The third kappa shape index (κ3) is 3.83. The largest absolute Gasteiger partial charge is 0.411 e. The molecule has 1 aromatic heterocycles. The summed E-state index contributed by atoms with van der Waals surface area (Å²) in [5.41, 5.74) is 5.05. The van der Waals surface area contributed by atoms with Crippen LogP contribution in [0.1, 0.15) is 23.6 Å².